The number of amides is 3. The molecule has 1 aliphatic heterocycles. The van der Waals surface area contributed by atoms with Gasteiger partial charge in [0.15, 0.2) is 5.78 Å². The van der Waals surface area contributed by atoms with E-state index in [-0.39, 0.29) is 24.9 Å². The van der Waals surface area contributed by atoms with Gasteiger partial charge in [0, 0.05) is 13.6 Å². The lowest BCUT2D eigenvalue weighted by atomic mass is 9.98. The number of likely N-dealkylation sites (tertiary alicyclic amines) is 1. The first kappa shape index (κ1) is 24.5. The maximum atomic E-state index is 13.1. The molecular formula is C24H33N3O6. The number of carboxylic acid groups (broad SMARTS) is 1. The maximum Gasteiger partial charge on any atom is 0.408 e. The molecule has 2 aliphatic rings. The minimum atomic E-state index is -1.05. The fourth-order valence-corrected chi connectivity index (χ4v) is 4.49. The van der Waals surface area contributed by atoms with Crippen LogP contribution in [0.4, 0.5) is 9.59 Å². The maximum absolute atomic E-state index is 13.1. The van der Waals surface area contributed by atoms with Crippen molar-refractivity contribution in [3.05, 3.63) is 35.9 Å². The van der Waals surface area contributed by atoms with E-state index >= 15 is 0 Å². The Morgan fingerprint density at radius 1 is 1.09 bits per heavy atom. The number of likely N-dealkylation sites (N-methyl/N-ethyl adjacent to an activating group) is 1. The number of carbonyl (C=O) groups is 4. The summed E-state index contributed by atoms with van der Waals surface area (Å²) in [5, 5.41) is 12.0. The van der Waals surface area contributed by atoms with Crippen LogP contribution in [0, 0.1) is 0 Å². The van der Waals surface area contributed by atoms with Crippen LogP contribution in [0.25, 0.3) is 0 Å². The number of nitrogens with one attached hydrogen (secondary N) is 1. The van der Waals surface area contributed by atoms with Crippen molar-refractivity contribution in [1.29, 1.82) is 0 Å². The van der Waals surface area contributed by atoms with Crippen LogP contribution in [0.3, 0.4) is 0 Å². The fraction of sp³-hybridized carbons (Fsp3) is 0.583. The Morgan fingerprint density at radius 2 is 1.79 bits per heavy atom. The first-order valence-corrected chi connectivity index (χ1v) is 11.6. The van der Waals surface area contributed by atoms with Crippen molar-refractivity contribution in [2.24, 2.45) is 0 Å². The van der Waals surface area contributed by atoms with Gasteiger partial charge in [-0.05, 0) is 50.5 Å². The molecule has 1 aromatic carbocycles. The minimum Gasteiger partial charge on any atom is -0.480 e. The average Bonchev–Trinajstić information content (AvgIpc) is 3.29. The molecule has 2 N–H and O–H groups in total. The van der Waals surface area contributed by atoms with E-state index in [2.05, 4.69) is 5.32 Å². The molecule has 9 nitrogen and oxygen atoms in total. The highest BCUT2D eigenvalue weighted by Gasteiger charge is 2.36. The standard InChI is InChI=1S/C24H33N3O6/c1-26(24(32)27-14-8-13-20(27)22(29)30)16-21(28)19(15-17-9-4-2-5-10-17)25-23(31)33-18-11-6-3-7-12-18/h2,4-5,9-10,18-20H,3,6-8,11-16H2,1H3,(H,25,31)(H,29,30)/t19-,20-/m0/s1. The zero-order chi connectivity index (χ0) is 23.8. The molecule has 3 rings (SSSR count). The molecule has 1 aromatic rings. The summed E-state index contributed by atoms with van der Waals surface area (Å²) in [7, 11) is 1.47. The summed E-state index contributed by atoms with van der Waals surface area (Å²) >= 11 is 0. The first-order chi connectivity index (χ1) is 15.8. The molecule has 3 amide bonds. The summed E-state index contributed by atoms with van der Waals surface area (Å²) in [6, 6.07) is 7.06. The smallest absolute Gasteiger partial charge is 0.408 e. The van der Waals surface area contributed by atoms with E-state index < -0.39 is 30.2 Å². The van der Waals surface area contributed by atoms with Crippen LogP contribution in [-0.2, 0) is 20.7 Å². The van der Waals surface area contributed by atoms with Gasteiger partial charge >= 0.3 is 18.1 Å². The fourth-order valence-electron chi connectivity index (χ4n) is 4.49. The number of carbonyl (C=O) groups excluding carboxylic acids is 3. The molecule has 1 aliphatic carbocycles. The normalized spacial score (nSPS) is 19.5. The Morgan fingerprint density at radius 3 is 2.45 bits per heavy atom. The third kappa shape index (κ3) is 6.94. The molecule has 0 bridgehead atoms. The minimum absolute atomic E-state index is 0.140. The van der Waals surface area contributed by atoms with Gasteiger partial charge in [-0.1, -0.05) is 36.8 Å². The third-order valence-electron chi connectivity index (χ3n) is 6.29. The summed E-state index contributed by atoms with van der Waals surface area (Å²) < 4.78 is 5.53. The lowest BCUT2D eigenvalue weighted by Crippen LogP contribution is -2.51. The average molecular weight is 460 g/mol. The second-order valence-electron chi connectivity index (χ2n) is 8.85. The largest absolute Gasteiger partial charge is 0.480 e. The number of urea groups is 1. The van der Waals surface area contributed by atoms with E-state index in [4.69, 9.17) is 4.74 Å². The van der Waals surface area contributed by atoms with Gasteiger partial charge in [-0.15, -0.1) is 0 Å². The molecule has 9 heteroatoms. The molecule has 1 saturated heterocycles. The molecule has 180 valence electrons. The van der Waals surface area contributed by atoms with Crippen LogP contribution in [0.15, 0.2) is 30.3 Å². The van der Waals surface area contributed by atoms with Crippen LogP contribution in [0.5, 0.6) is 0 Å². The Kier molecular flexibility index (Phi) is 8.68. The number of alkyl carbamates (subject to hydrolysis) is 1. The predicted molar refractivity (Wildman–Crippen MR) is 121 cm³/mol. The number of Topliss-reactive ketones (excluding diaryl/α,β-unsaturated/α-hetero) is 1. The quantitative estimate of drug-likeness (QED) is 0.618. The molecule has 0 unspecified atom stereocenters. The molecular weight excluding hydrogens is 426 g/mol. The predicted octanol–water partition coefficient (Wildman–Crippen LogP) is 2.83. The molecule has 33 heavy (non-hydrogen) atoms. The summed E-state index contributed by atoms with van der Waals surface area (Å²) in [6.07, 6.45) is 5.32. The lowest BCUT2D eigenvalue weighted by molar-refractivity contribution is -0.141. The highest BCUT2D eigenvalue weighted by Crippen LogP contribution is 2.21. The molecule has 1 saturated carbocycles. The number of carboxylic acids is 1. The molecule has 2 fully saturated rings. The number of aliphatic carboxylic acids is 1. The number of hydrogen-bond acceptors (Lipinski definition) is 5. The van der Waals surface area contributed by atoms with E-state index in [1.165, 1.54) is 16.8 Å². The van der Waals surface area contributed by atoms with E-state index in [1.54, 1.807) is 0 Å². The number of benzene rings is 1. The molecule has 2 atom stereocenters. The molecule has 0 aromatic heterocycles. The summed E-state index contributed by atoms with van der Waals surface area (Å²) in [6.45, 7) is 0.0939. The highest BCUT2D eigenvalue weighted by molar-refractivity contribution is 5.92. The Labute approximate surface area is 194 Å². The van der Waals surface area contributed by atoms with E-state index in [1.807, 2.05) is 30.3 Å². The second kappa shape index (κ2) is 11.7. The number of nitrogens with zero attached hydrogens (tertiary/aromatic N) is 2. The van der Waals surface area contributed by atoms with Crippen LogP contribution >= 0.6 is 0 Å². The van der Waals surface area contributed by atoms with Crippen molar-refractivity contribution < 1.29 is 29.0 Å². The monoisotopic (exact) mass is 459 g/mol. The topological polar surface area (TPSA) is 116 Å². The lowest BCUT2D eigenvalue weighted by Gasteiger charge is -2.28. The zero-order valence-corrected chi connectivity index (χ0v) is 19.1. The SMILES string of the molecule is CN(CC(=O)[C@H](Cc1ccccc1)NC(=O)OC1CCCCC1)C(=O)N1CCC[C@H]1C(=O)O. The van der Waals surface area contributed by atoms with Crippen LogP contribution in [-0.4, -0.2) is 77.1 Å². The third-order valence-corrected chi connectivity index (χ3v) is 6.29. The van der Waals surface area contributed by atoms with Gasteiger partial charge in [-0.2, -0.15) is 0 Å². The molecule has 0 radical (unpaired) electrons. The number of ether oxygens (including phenoxy) is 1. The molecule has 1 heterocycles. The van der Waals surface area contributed by atoms with Gasteiger partial charge in [0.1, 0.15) is 12.1 Å². The van der Waals surface area contributed by atoms with E-state index in [0.29, 0.717) is 19.4 Å². The first-order valence-electron chi connectivity index (χ1n) is 11.6. The van der Waals surface area contributed by atoms with Crippen LogP contribution in [0.2, 0.25) is 0 Å². The van der Waals surface area contributed by atoms with Gasteiger partial charge in [0.2, 0.25) is 0 Å². The van der Waals surface area contributed by atoms with Crippen molar-refractivity contribution in [1.82, 2.24) is 15.1 Å². The van der Waals surface area contributed by atoms with Crippen molar-refractivity contribution in [3.63, 3.8) is 0 Å². The number of ketones is 1. The van der Waals surface area contributed by atoms with Crippen molar-refractivity contribution in [2.75, 3.05) is 20.1 Å². The summed E-state index contributed by atoms with van der Waals surface area (Å²) in [5.41, 5.74) is 0.869. The Bertz CT molecular complexity index is 840. The second-order valence-corrected chi connectivity index (χ2v) is 8.85. The van der Waals surface area contributed by atoms with Crippen molar-refractivity contribution >= 4 is 23.9 Å². The van der Waals surface area contributed by atoms with Gasteiger partial charge < -0.3 is 25.0 Å². The van der Waals surface area contributed by atoms with E-state index in [0.717, 1.165) is 37.7 Å². The summed E-state index contributed by atoms with van der Waals surface area (Å²) in [5.74, 6) is -1.39. The Balaban J connectivity index is 1.64. The van der Waals surface area contributed by atoms with E-state index in [9.17, 15) is 24.3 Å². The van der Waals surface area contributed by atoms with Gasteiger partial charge in [-0.25, -0.2) is 14.4 Å². The number of rotatable bonds is 8. The summed E-state index contributed by atoms with van der Waals surface area (Å²) in [4.78, 5) is 52.3. The number of hydrogen-bond donors (Lipinski definition) is 2. The van der Waals surface area contributed by atoms with Gasteiger partial charge in [-0.3, -0.25) is 4.79 Å². The van der Waals surface area contributed by atoms with Crippen molar-refractivity contribution in [2.45, 2.75) is 69.6 Å². The van der Waals surface area contributed by atoms with Crippen LogP contribution in [0.1, 0.15) is 50.5 Å². The van der Waals surface area contributed by atoms with Gasteiger partial charge in [0.05, 0.1) is 12.6 Å². The van der Waals surface area contributed by atoms with Crippen molar-refractivity contribution in [3.8, 4) is 0 Å². The van der Waals surface area contributed by atoms with Gasteiger partial charge in [0.25, 0.3) is 0 Å². The van der Waals surface area contributed by atoms with Crippen LogP contribution < -0.4 is 5.32 Å². The zero-order valence-electron chi connectivity index (χ0n) is 19.1. The highest BCUT2D eigenvalue weighted by atomic mass is 16.6. The molecule has 0 spiro atoms. The Hall–Kier alpha value is -3.10.